The third-order valence-corrected chi connectivity index (χ3v) is 3.24. The number of carbonyl (C=O) groups excluding carboxylic acids is 1. The number of unbranched alkanes of at least 4 members (excludes halogenated alkanes) is 1. The van der Waals surface area contributed by atoms with Crippen LogP contribution in [-0.4, -0.2) is 64.3 Å². The topological polar surface area (TPSA) is 133 Å². The summed E-state index contributed by atoms with van der Waals surface area (Å²) in [6.07, 6.45) is 1.51. The first kappa shape index (κ1) is 15.4. The van der Waals surface area contributed by atoms with Crippen LogP contribution in [0, 0.1) is 0 Å². The fourth-order valence-electron chi connectivity index (χ4n) is 2.22. The van der Waals surface area contributed by atoms with Gasteiger partial charge in [0.05, 0.1) is 18.1 Å². The van der Waals surface area contributed by atoms with Crippen molar-refractivity contribution in [1.29, 1.82) is 0 Å². The van der Waals surface area contributed by atoms with Crippen LogP contribution in [0.5, 0.6) is 0 Å². The molecule has 1 fully saturated rings. The Labute approximate surface area is 107 Å². The van der Waals surface area contributed by atoms with E-state index < -0.39 is 25.2 Å². The number of aliphatic hydroxyl groups excluding tert-OH is 1. The number of likely N-dealkylation sites (tertiary alicyclic amines) is 1. The fraction of sp³-hybridized carbons (Fsp3) is 0.900. The van der Waals surface area contributed by atoms with E-state index >= 15 is 0 Å². The third-order valence-electron chi connectivity index (χ3n) is 3.24. The van der Waals surface area contributed by atoms with Crippen LogP contribution >= 0.6 is 0 Å². The van der Waals surface area contributed by atoms with E-state index in [4.69, 9.17) is 11.5 Å². The summed E-state index contributed by atoms with van der Waals surface area (Å²) in [5.41, 5.74) is 11.1. The van der Waals surface area contributed by atoms with E-state index in [1.807, 2.05) is 0 Å². The monoisotopic (exact) mass is 259 g/mol. The van der Waals surface area contributed by atoms with Gasteiger partial charge in [-0.25, -0.2) is 0 Å². The summed E-state index contributed by atoms with van der Waals surface area (Å²) in [6.45, 7) is 0.660. The van der Waals surface area contributed by atoms with Crippen molar-refractivity contribution in [3.63, 3.8) is 0 Å². The molecule has 0 aromatic heterocycles. The number of nitrogens with two attached hydrogens (primary N) is 2. The van der Waals surface area contributed by atoms with E-state index in [2.05, 4.69) is 0 Å². The minimum Gasteiger partial charge on any atom is -0.426 e. The molecule has 1 aliphatic heterocycles. The average molecular weight is 259 g/mol. The van der Waals surface area contributed by atoms with Gasteiger partial charge in [0, 0.05) is 6.54 Å². The summed E-state index contributed by atoms with van der Waals surface area (Å²) in [4.78, 5) is 13.3. The summed E-state index contributed by atoms with van der Waals surface area (Å²) in [5, 5.41) is 27.8. The van der Waals surface area contributed by atoms with Crippen LogP contribution in [0.1, 0.15) is 25.7 Å². The van der Waals surface area contributed by atoms with Crippen LogP contribution in [0.2, 0.25) is 0 Å². The number of carbonyl (C=O) groups is 1. The molecule has 0 aliphatic carbocycles. The van der Waals surface area contributed by atoms with Gasteiger partial charge in [-0.1, -0.05) is 6.42 Å². The Morgan fingerprint density at radius 3 is 2.67 bits per heavy atom. The van der Waals surface area contributed by atoms with Gasteiger partial charge in [0.2, 0.25) is 5.91 Å². The lowest BCUT2D eigenvalue weighted by Gasteiger charge is -2.26. The highest BCUT2D eigenvalue weighted by atomic mass is 16.4. The fourth-order valence-corrected chi connectivity index (χ4v) is 2.22. The smallest absolute Gasteiger partial charge is 0.426 e. The zero-order chi connectivity index (χ0) is 13.7. The van der Waals surface area contributed by atoms with Crippen molar-refractivity contribution in [3.05, 3.63) is 0 Å². The second-order valence-corrected chi connectivity index (χ2v) is 4.75. The Bertz CT molecular complexity index is 280. The minimum atomic E-state index is -1.65. The van der Waals surface area contributed by atoms with Crippen molar-refractivity contribution >= 4 is 13.0 Å². The maximum atomic E-state index is 12.0. The summed E-state index contributed by atoms with van der Waals surface area (Å²) < 4.78 is 0. The molecule has 0 bridgehead atoms. The van der Waals surface area contributed by atoms with Crippen LogP contribution in [0.4, 0.5) is 0 Å². The van der Waals surface area contributed by atoms with E-state index in [0.29, 0.717) is 13.0 Å². The molecule has 1 aliphatic rings. The van der Waals surface area contributed by atoms with Gasteiger partial charge in [0.15, 0.2) is 0 Å². The van der Waals surface area contributed by atoms with E-state index in [1.165, 1.54) is 4.90 Å². The molecule has 3 atom stereocenters. The molecule has 104 valence electrons. The maximum absolute atomic E-state index is 12.0. The zero-order valence-corrected chi connectivity index (χ0v) is 10.4. The van der Waals surface area contributed by atoms with Gasteiger partial charge < -0.3 is 31.5 Å². The molecule has 0 spiro atoms. The van der Waals surface area contributed by atoms with Crippen LogP contribution in [0.3, 0.4) is 0 Å². The molecule has 0 aromatic carbocycles. The molecule has 1 saturated heterocycles. The molecular formula is C10H22BN3O4. The Kier molecular flexibility index (Phi) is 6.03. The van der Waals surface area contributed by atoms with Gasteiger partial charge in [0.25, 0.3) is 0 Å². The molecule has 0 aromatic rings. The van der Waals surface area contributed by atoms with Gasteiger partial charge in [-0.2, -0.15) is 0 Å². The lowest BCUT2D eigenvalue weighted by atomic mass is 9.77. The lowest BCUT2D eigenvalue weighted by Crippen LogP contribution is -2.51. The van der Waals surface area contributed by atoms with Crippen molar-refractivity contribution in [2.24, 2.45) is 11.5 Å². The van der Waals surface area contributed by atoms with E-state index in [1.54, 1.807) is 0 Å². The molecule has 1 heterocycles. The number of β-amino-alcohol motifs (C(OH)–C–C–N with tert-alkyl or cyclic N) is 1. The normalized spacial score (nSPS) is 25.3. The Morgan fingerprint density at radius 2 is 2.11 bits per heavy atom. The standard InChI is InChI=1S/C10H22BN3O4/c12-4-2-1-3-8(13)10(16)14-6-7(15)5-9(14)11(17)18/h7-9,15,17-18H,1-6,12-13H2/t7-,8?,9?/m0/s1. The molecule has 8 heteroatoms. The van der Waals surface area contributed by atoms with Crippen molar-refractivity contribution in [1.82, 2.24) is 4.90 Å². The number of hydrogen-bond acceptors (Lipinski definition) is 6. The zero-order valence-electron chi connectivity index (χ0n) is 10.4. The first-order valence-electron chi connectivity index (χ1n) is 6.27. The summed E-state index contributed by atoms with van der Waals surface area (Å²) in [5.74, 6) is -1.12. The number of nitrogens with zero attached hydrogens (tertiary/aromatic N) is 1. The van der Waals surface area contributed by atoms with E-state index in [9.17, 15) is 19.9 Å². The quantitative estimate of drug-likeness (QED) is 0.263. The summed E-state index contributed by atoms with van der Waals surface area (Å²) >= 11 is 0. The molecular weight excluding hydrogens is 237 g/mol. The molecule has 2 unspecified atom stereocenters. The molecule has 1 rings (SSSR count). The SMILES string of the molecule is NCCCCC(N)C(=O)N1C[C@@H](O)CC1B(O)O. The van der Waals surface area contributed by atoms with Crippen molar-refractivity contribution < 1.29 is 19.9 Å². The molecule has 0 radical (unpaired) electrons. The van der Waals surface area contributed by atoms with Crippen LogP contribution in [0.15, 0.2) is 0 Å². The lowest BCUT2D eigenvalue weighted by molar-refractivity contribution is -0.133. The van der Waals surface area contributed by atoms with Crippen LogP contribution < -0.4 is 11.5 Å². The second-order valence-electron chi connectivity index (χ2n) is 4.75. The number of hydrogen-bond donors (Lipinski definition) is 5. The van der Waals surface area contributed by atoms with Gasteiger partial charge in [-0.15, -0.1) is 0 Å². The van der Waals surface area contributed by atoms with Gasteiger partial charge in [-0.05, 0) is 25.8 Å². The maximum Gasteiger partial charge on any atom is 0.475 e. The van der Waals surface area contributed by atoms with Crippen molar-refractivity contribution in [3.8, 4) is 0 Å². The summed E-state index contributed by atoms with van der Waals surface area (Å²) in [6, 6.07) is -0.678. The number of amides is 1. The average Bonchev–Trinajstić information content (AvgIpc) is 2.70. The molecule has 18 heavy (non-hydrogen) atoms. The highest BCUT2D eigenvalue weighted by Gasteiger charge is 2.42. The Balaban J connectivity index is 2.53. The Hall–Kier alpha value is -0.665. The molecule has 0 saturated carbocycles. The van der Waals surface area contributed by atoms with E-state index in [-0.39, 0.29) is 18.9 Å². The third kappa shape index (κ3) is 3.92. The molecule has 1 amide bonds. The predicted molar refractivity (Wildman–Crippen MR) is 67.2 cm³/mol. The molecule has 7 N–H and O–H groups in total. The van der Waals surface area contributed by atoms with Gasteiger partial charge >= 0.3 is 7.12 Å². The van der Waals surface area contributed by atoms with Crippen LogP contribution in [-0.2, 0) is 4.79 Å². The highest BCUT2D eigenvalue weighted by Crippen LogP contribution is 2.20. The summed E-state index contributed by atoms with van der Waals surface area (Å²) in [7, 11) is -1.65. The minimum absolute atomic E-state index is 0.103. The largest absolute Gasteiger partial charge is 0.475 e. The predicted octanol–water partition coefficient (Wildman–Crippen LogP) is -2.58. The number of rotatable bonds is 6. The highest BCUT2D eigenvalue weighted by molar-refractivity contribution is 6.43. The molecule has 7 nitrogen and oxygen atoms in total. The first-order valence-corrected chi connectivity index (χ1v) is 6.27. The van der Waals surface area contributed by atoms with E-state index in [0.717, 1.165) is 12.8 Å². The van der Waals surface area contributed by atoms with Gasteiger partial charge in [0.1, 0.15) is 0 Å². The second kappa shape index (κ2) is 7.05. The Morgan fingerprint density at radius 1 is 1.44 bits per heavy atom. The van der Waals surface area contributed by atoms with Crippen molar-refractivity contribution in [2.75, 3.05) is 13.1 Å². The first-order chi connectivity index (χ1) is 8.47. The number of aliphatic hydroxyl groups is 1. The van der Waals surface area contributed by atoms with Crippen molar-refractivity contribution in [2.45, 2.75) is 43.8 Å². The van der Waals surface area contributed by atoms with Gasteiger partial charge in [-0.3, -0.25) is 4.79 Å². The van der Waals surface area contributed by atoms with Crippen LogP contribution in [0.25, 0.3) is 0 Å².